The summed E-state index contributed by atoms with van der Waals surface area (Å²) < 4.78 is 13.5. The van der Waals surface area contributed by atoms with Crippen LogP contribution in [0.4, 0.5) is 10.1 Å². The minimum Gasteiger partial charge on any atom is -0.504 e. The Morgan fingerprint density at radius 3 is 2.42 bits per heavy atom. The Morgan fingerprint density at radius 2 is 1.83 bits per heavy atom. The molecule has 0 aliphatic heterocycles. The van der Waals surface area contributed by atoms with E-state index in [0.29, 0.717) is 0 Å². The zero-order chi connectivity index (χ0) is 17.9. The Labute approximate surface area is 133 Å². The zero-order valence-corrected chi connectivity index (χ0v) is 11.8. The van der Waals surface area contributed by atoms with Crippen LogP contribution < -0.4 is 5.43 Å². The third-order valence-corrected chi connectivity index (χ3v) is 2.89. The van der Waals surface area contributed by atoms with Crippen molar-refractivity contribution in [1.29, 1.82) is 0 Å². The van der Waals surface area contributed by atoms with Crippen molar-refractivity contribution in [2.45, 2.75) is 0 Å². The van der Waals surface area contributed by atoms with Crippen molar-refractivity contribution in [2.75, 3.05) is 0 Å². The van der Waals surface area contributed by atoms with Gasteiger partial charge in [-0.05, 0) is 18.2 Å². The number of carbonyl (C=O) groups excluding carboxylic acids is 1. The molecule has 0 spiro atoms. The number of hydrogen-bond donors (Lipinski definition) is 4. The number of hydrazone groups is 1. The molecule has 0 aromatic heterocycles. The van der Waals surface area contributed by atoms with Crippen LogP contribution in [0.2, 0.25) is 0 Å². The van der Waals surface area contributed by atoms with Crippen molar-refractivity contribution in [3.63, 3.8) is 0 Å². The van der Waals surface area contributed by atoms with E-state index in [1.165, 1.54) is 0 Å². The van der Waals surface area contributed by atoms with E-state index in [0.717, 1.165) is 36.5 Å². The highest BCUT2D eigenvalue weighted by Gasteiger charge is 2.13. The van der Waals surface area contributed by atoms with Gasteiger partial charge in [-0.1, -0.05) is 0 Å². The third-order valence-electron chi connectivity index (χ3n) is 2.89. The number of halogens is 1. The molecule has 0 atom stereocenters. The minimum absolute atomic E-state index is 0.221. The van der Waals surface area contributed by atoms with Gasteiger partial charge in [-0.25, -0.2) is 9.82 Å². The van der Waals surface area contributed by atoms with Crippen LogP contribution in [-0.4, -0.2) is 32.4 Å². The molecular weight excluding hydrogens is 325 g/mol. The van der Waals surface area contributed by atoms with Crippen molar-refractivity contribution in [3.8, 4) is 17.2 Å². The Hall–Kier alpha value is -3.69. The lowest BCUT2D eigenvalue weighted by atomic mass is 10.2. The number of benzene rings is 2. The smallest absolute Gasteiger partial charge is 0.271 e. The first-order valence-electron chi connectivity index (χ1n) is 6.32. The van der Waals surface area contributed by atoms with Gasteiger partial charge in [0.2, 0.25) is 0 Å². The predicted molar refractivity (Wildman–Crippen MR) is 79.6 cm³/mol. The van der Waals surface area contributed by atoms with Crippen molar-refractivity contribution >= 4 is 17.8 Å². The SMILES string of the molecule is O=C(N/N=C/c1cc([N+](=O)[O-])ccc1F)c1cc(O)c(O)c(O)c1. The number of phenolic OH excluding ortho intramolecular Hbond substituents is 3. The first kappa shape index (κ1) is 16.7. The highest BCUT2D eigenvalue weighted by molar-refractivity contribution is 5.96. The maximum Gasteiger partial charge on any atom is 0.271 e. The van der Waals surface area contributed by atoms with E-state index in [-0.39, 0.29) is 16.8 Å². The highest BCUT2D eigenvalue weighted by atomic mass is 19.1. The molecule has 2 rings (SSSR count). The summed E-state index contributed by atoms with van der Waals surface area (Å²) in [6.07, 6.45) is 0.861. The Bertz CT molecular complexity index is 829. The lowest BCUT2D eigenvalue weighted by molar-refractivity contribution is -0.384. The largest absolute Gasteiger partial charge is 0.504 e. The van der Waals surface area contributed by atoms with Crippen LogP contribution in [0.25, 0.3) is 0 Å². The van der Waals surface area contributed by atoms with Crippen molar-refractivity contribution in [2.24, 2.45) is 5.10 Å². The number of hydrogen-bond acceptors (Lipinski definition) is 7. The number of nitrogens with one attached hydrogen (secondary N) is 1. The maximum absolute atomic E-state index is 13.5. The molecule has 0 fully saturated rings. The van der Waals surface area contributed by atoms with Gasteiger partial charge in [-0.2, -0.15) is 5.10 Å². The van der Waals surface area contributed by atoms with Crippen LogP contribution in [-0.2, 0) is 0 Å². The molecule has 2 aromatic rings. The van der Waals surface area contributed by atoms with Gasteiger partial charge in [-0.15, -0.1) is 0 Å². The number of rotatable bonds is 4. The molecule has 1 amide bonds. The van der Waals surface area contributed by atoms with Crippen LogP contribution >= 0.6 is 0 Å². The molecule has 9 nitrogen and oxygen atoms in total. The molecule has 0 radical (unpaired) electrons. The molecule has 0 saturated heterocycles. The van der Waals surface area contributed by atoms with Gasteiger partial charge >= 0.3 is 0 Å². The quantitative estimate of drug-likeness (QED) is 0.289. The zero-order valence-electron chi connectivity index (χ0n) is 11.8. The molecular formula is C14H10FN3O6. The van der Waals surface area contributed by atoms with Crippen molar-refractivity contribution in [3.05, 3.63) is 57.4 Å². The van der Waals surface area contributed by atoms with Crippen LogP contribution in [0.15, 0.2) is 35.4 Å². The molecule has 0 bridgehead atoms. The van der Waals surface area contributed by atoms with Gasteiger partial charge in [0, 0.05) is 23.3 Å². The number of aromatic hydroxyl groups is 3. The van der Waals surface area contributed by atoms with Gasteiger partial charge in [0.1, 0.15) is 5.82 Å². The van der Waals surface area contributed by atoms with Crippen LogP contribution in [0.5, 0.6) is 17.2 Å². The number of phenols is 3. The molecule has 0 aliphatic carbocycles. The van der Waals surface area contributed by atoms with Crippen LogP contribution in [0.3, 0.4) is 0 Å². The second-order valence-electron chi connectivity index (χ2n) is 4.53. The van der Waals surface area contributed by atoms with Crippen molar-refractivity contribution in [1.82, 2.24) is 5.43 Å². The highest BCUT2D eigenvalue weighted by Crippen LogP contribution is 2.35. The molecule has 24 heavy (non-hydrogen) atoms. The summed E-state index contributed by atoms with van der Waals surface area (Å²) in [4.78, 5) is 21.7. The Balaban J connectivity index is 2.16. The van der Waals surface area contributed by atoms with Gasteiger partial charge in [0.15, 0.2) is 17.2 Å². The molecule has 10 heteroatoms. The third kappa shape index (κ3) is 3.55. The molecule has 0 unspecified atom stereocenters. The van der Waals surface area contributed by atoms with E-state index in [2.05, 4.69) is 5.10 Å². The summed E-state index contributed by atoms with van der Waals surface area (Å²) in [5.74, 6) is -3.86. The summed E-state index contributed by atoms with van der Waals surface area (Å²) in [5.41, 5.74) is 1.19. The summed E-state index contributed by atoms with van der Waals surface area (Å²) in [5, 5.41) is 41.9. The number of non-ortho nitro benzene ring substituents is 1. The van der Waals surface area contributed by atoms with Crippen LogP contribution in [0.1, 0.15) is 15.9 Å². The monoisotopic (exact) mass is 335 g/mol. The number of nitrogens with zero attached hydrogens (tertiary/aromatic N) is 2. The van der Waals surface area contributed by atoms with E-state index >= 15 is 0 Å². The topological polar surface area (TPSA) is 145 Å². The molecule has 4 N–H and O–H groups in total. The van der Waals surface area contributed by atoms with Crippen molar-refractivity contribution < 1.29 is 29.4 Å². The van der Waals surface area contributed by atoms with Gasteiger partial charge in [0.05, 0.1) is 11.1 Å². The molecule has 2 aromatic carbocycles. The van der Waals surface area contributed by atoms with Gasteiger partial charge in [0.25, 0.3) is 11.6 Å². The fourth-order valence-electron chi connectivity index (χ4n) is 1.70. The van der Waals surface area contributed by atoms with Crippen LogP contribution in [0, 0.1) is 15.9 Å². The standard InChI is InChI=1S/C14H10FN3O6/c15-10-2-1-9(18(23)24)3-8(10)6-16-17-14(22)7-4-11(19)13(21)12(20)5-7/h1-6,19-21H,(H,17,22)/b16-6+. The predicted octanol–water partition coefficient (Wildman–Crippen LogP) is 1.61. The van der Waals surface area contributed by atoms with E-state index in [9.17, 15) is 34.6 Å². The number of amides is 1. The first-order chi connectivity index (χ1) is 11.3. The average molecular weight is 335 g/mol. The summed E-state index contributed by atoms with van der Waals surface area (Å²) in [6, 6.07) is 4.56. The molecule has 0 heterocycles. The number of nitro groups is 1. The van der Waals surface area contributed by atoms with E-state index in [1.54, 1.807) is 0 Å². The lowest BCUT2D eigenvalue weighted by Crippen LogP contribution is -2.17. The van der Waals surface area contributed by atoms with Gasteiger partial charge in [-0.3, -0.25) is 14.9 Å². The molecule has 0 aliphatic rings. The molecule has 0 saturated carbocycles. The Kier molecular flexibility index (Phi) is 4.59. The van der Waals surface area contributed by atoms with E-state index < -0.39 is 33.9 Å². The summed E-state index contributed by atoms with van der Waals surface area (Å²) in [7, 11) is 0. The fourth-order valence-corrected chi connectivity index (χ4v) is 1.70. The Morgan fingerprint density at radius 1 is 1.21 bits per heavy atom. The maximum atomic E-state index is 13.5. The van der Waals surface area contributed by atoms with E-state index in [4.69, 9.17) is 0 Å². The van der Waals surface area contributed by atoms with Gasteiger partial charge < -0.3 is 15.3 Å². The minimum atomic E-state index is -0.873. The number of nitro benzene ring substituents is 1. The molecule has 124 valence electrons. The number of carbonyl (C=O) groups is 1. The van der Waals surface area contributed by atoms with E-state index in [1.807, 2.05) is 5.43 Å². The normalized spacial score (nSPS) is 10.7. The average Bonchev–Trinajstić information content (AvgIpc) is 2.53. The lowest BCUT2D eigenvalue weighted by Gasteiger charge is -2.04. The second-order valence-corrected chi connectivity index (χ2v) is 4.53. The summed E-state index contributed by atoms with van der Waals surface area (Å²) in [6.45, 7) is 0. The first-order valence-corrected chi connectivity index (χ1v) is 6.32. The fraction of sp³-hybridized carbons (Fsp3) is 0. The second kappa shape index (κ2) is 6.60. The summed E-state index contributed by atoms with van der Waals surface area (Å²) >= 11 is 0.